The summed E-state index contributed by atoms with van der Waals surface area (Å²) in [6.07, 6.45) is 6.20. The molecule has 0 bridgehead atoms. The first-order valence-corrected chi connectivity index (χ1v) is 10.7. The fourth-order valence-corrected chi connectivity index (χ4v) is 4.16. The molecular formula is C21H21Cl2N5O3. The molecule has 31 heavy (non-hydrogen) atoms. The Bertz CT molecular complexity index is 1210. The summed E-state index contributed by atoms with van der Waals surface area (Å²) in [6.45, 7) is 3.54. The predicted molar refractivity (Wildman–Crippen MR) is 121 cm³/mol. The first-order valence-electron chi connectivity index (χ1n) is 9.96. The summed E-state index contributed by atoms with van der Waals surface area (Å²) in [7, 11) is 0. The van der Waals surface area contributed by atoms with Crippen LogP contribution in [0.25, 0.3) is 5.65 Å². The van der Waals surface area contributed by atoms with Crippen molar-refractivity contribution in [3.63, 3.8) is 0 Å². The third-order valence-electron chi connectivity index (χ3n) is 5.33. The van der Waals surface area contributed by atoms with Crippen molar-refractivity contribution in [3.8, 4) is 0 Å². The summed E-state index contributed by atoms with van der Waals surface area (Å²) in [4.78, 5) is 35.4. The SMILES string of the molecule is C[C@@H](Nc1ncc(Cl)cc1C(=O)O)c1cc(Cl)cn2c(=O)cc(N3CCCCC3)nc12. The topological polar surface area (TPSA) is 99.8 Å². The van der Waals surface area contributed by atoms with E-state index in [1.165, 1.54) is 35.3 Å². The van der Waals surface area contributed by atoms with Crippen molar-refractivity contribution in [3.05, 3.63) is 62.1 Å². The number of hydrogen-bond acceptors (Lipinski definition) is 6. The van der Waals surface area contributed by atoms with Crippen LogP contribution in [0.15, 0.2) is 35.4 Å². The maximum atomic E-state index is 12.8. The highest BCUT2D eigenvalue weighted by Crippen LogP contribution is 2.28. The number of piperidine rings is 1. The van der Waals surface area contributed by atoms with Gasteiger partial charge in [0.2, 0.25) is 0 Å². The largest absolute Gasteiger partial charge is 0.478 e. The van der Waals surface area contributed by atoms with E-state index in [-0.39, 0.29) is 22.0 Å². The number of anilines is 2. The number of nitrogens with one attached hydrogen (secondary N) is 1. The number of fused-ring (bicyclic) bond motifs is 1. The summed E-state index contributed by atoms with van der Waals surface area (Å²) in [6, 6.07) is 4.14. The fraction of sp³-hybridized carbons (Fsp3) is 0.333. The summed E-state index contributed by atoms with van der Waals surface area (Å²) in [5.41, 5.74) is 0.835. The number of carbonyl (C=O) groups is 1. The van der Waals surface area contributed by atoms with Crippen LogP contribution in [-0.4, -0.2) is 38.5 Å². The molecule has 0 aliphatic carbocycles. The van der Waals surface area contributed by atoms with Gasteiger partial charge in [-0.15, -0.1) is 0 Å². The Hall–Kier alpha value is -2.84. The number of carboxylic acid groups (broad SMARTS) is 1. The van der Waals surface area contributed by atoms with Crippen molar-refractivity contribution in [1.29, 1.82) is 0 Å². The summed E-state index contributed by atoms with van der Waals surface area (Å²) < 4.78 is 1.41. The maximum absolute atomic E-state index is 12.8. The number of aromatic nitrogens is 3. The van der Waals surface area contributed by atoms with Crippen LogP contribution in [0, 0.1) is 0 Å². The zero-order valence-electron chi connectivity index (χ0n) is 16.8. The van der Waals surface area contributed by atoms with Crippen LogP contribution in [0.3, 0.4) is 0 Å². The van der Waals surface area contributed by atoms with Gasteiger partial charge in [-0.3, -0.25) is 9.20 Å². The Morgan fingerprint density at radius 1 is 1.16 bits per heavy atom. The number of nitrogens with zero attached hydrogens (tertiary/aromatic N) is 4. The second kappa shape index (κ2) is 8.72. The molecule has 0 spiro atoms. The van der Waals surface area contributed by atoms with E-state index < -0.39 is 12.0 Å². The lowest BCUT2D eigenvalue weighted by Gasteiger charge is -2.28. The normalized spacial score (nSPS) is 15.1. The lowest BCUT2D eigenvalue weighted by molar-refractivity contribution is 0.0697. The first-order chi connectivity index (χ1) is 14.8. The Morgan fingerprint density at radius 3 is 2.61 bits per heavy atom. The Morgan fingerprint density at radius 2 is 1.90 bits per heavy atom. The molecule has 1 aliphatic heterocycles. The molecule has 4 rings (SSSR count). The van der Waals surface area contributed by atoms with Gasteiger partial charge >= 0.3 is 5.97 Å². The summed E-state index contributed by atoms with van der Waals surface area (Å²) in [5.74, 6) is -0.351. The molecule has 8 nitrogen and oxygen atoms in total. The molecule has 0 unspecified atom stereocenters. The molecule has 1 atom stereocenters. The average molecular weight is 462 g/mol. The van der Waals surface area contributed by atoms with Crippen LogP contribution in [-0.2, 0) is 0 Å². The van der Waals surface area contributed by atoms with E-state index >= 15 is 0 Å². The third-order valence-corrected chi connectivity index (χ3v) is 5.74. The molecule has 0 saturated carbocycles. The maximum Gasteiger partial charge on any atom is 0.339 e. The minimum Gasteiger partial charge on any atom is -0.478 e. The number of halogens is 2. The third kappa shape index (κ3) is 4.45. The number of aromatic carboxylic acids is 1. The quantitative estimate of drug-likeness (QED) is 0.585. The van der Waals surface area contributed by atoms with E-state index in [9.17, 15) is 14.7 Å². The molecule has 4 heterocycles. The smallest absolute Gasteiger partial charge is 0.339 e. The van der Waals surface area contributed by atoms with Crippen molar-refractivity contribution < 1.29 is 9.90 Å². The molecule has 2 N–H and O–H groups in total. The molecule has 1 fully saturated rings. The number of carboxylic acids is 1. The molecule has 10 heteroatoms. The number of rotatable bonds is 5. The van der Waals surface area contributed by atoms with Crippen molar-refractivity contribution in [1.82, 2.24) is 14.4 Å². The highest BCUT2D eigenvalue weighted by atomic mass is 35.5. The van der Waals surface area contributed by atoms with Gasteiger partial charge in [-0.2, -0.15) is 0 Å². The monoisotopic (exact) mass is 461 g/mol. The van der Waals surface area contributed by atoms with Gasteiger partial charge in [-0.05, 0) is 38.3 Å². The van der Waals surface area contributed by atoms with Crippen LogP contribution in [0.1, 0.15) is 48.1 Å². The van der Waals surface area contributed by atoms with Gasteiger partial charge in [0.25, 0.3) is 5.56 Å². The predicted octanol–water partition coefficient (Wildman–Crippen LogP) is 4.26. The van der Waals surface area contributed by atoms with Crippen molar-refractivity contribution in [2.45, 2.75) is 32.2 Å². The second-order valence-corrected chi connectivity index (χ2v) is 8.40. The lowest BCUT2D eigenvalue weighted by atomic mass is 10.1. The number of pyridine rings is 2. The molecule has 0 radical (unpaired) electrons. The van der Waals surface area contributed by atoms with Crippen molar-refractivity contribution in [2.24, 2.45) is 0 Å². The fourth-order valence-electron chi connectivity index (χ4n) is 3.78. The Balaban J connectivity index is 1.78. The van der Waals surface area contributed by atoms with Crippen LogP contribution in [0.5, 0.6) is 0 Å². The Kier molecular flexibility index (Phi) is 6.02. The van der Waals surface area contributed by atoms with Gasteiger partial charge in [0.1, 0.15) is 22.8 Å². The summed E-state index contributed by atoms with van der Waals surface area (Å²) >= 11 is 12.2. The minimum absolute atomic E-state index is 0.0511. The highest BCUT2D eigenvalue weighted by molar-refractivity contribution is 6.31. The average Bonchev–Trinajstić information content (AvgIpc) is 2.75. The van der Waals surface area contributed by atoms with Crippen molar-refractivity contribution >= 4 is 46.5 Å². The molecule has 1 saturated heterocycles. The van der Waals surface area contributed by atoms with Gasteiger partial charge < -0.3 is 15.3 Å². The van der Waals surface area contributed by atoms with Crippen LogP contribution >= 0.6 is 23.2 Å². The molecule has 162 valence electrons. The van der Waals surface area contributed by atoms with E-state index in [1.807, 2.05) is 6.92 Å². The second-order valence-electron chi connectivity index (χ2n) is 7.53. The van der Waals surface area contributed by atoms with Crippen LogP contribution < -0.4 is 15.8 Å². The zero-order chi connectivity index (χ0) is 22.1. The van der Waals surface area contributed by atoms with E-state index in [2.05, 4.69) is 15.2 Å². The standard InChI is InChI=1S/C21H21Cl2N5O3/c1-12(25-19-16(21(30)31)7-13(22)10-24-19)15-8-14(23)11-28-18(29)9-17(26-20(15)28)27-5-3-2-4-6-27/h7-12H,2-6H2,1H3,(H,24,25)(H,30,31)/t12-/m1/s1. The lowest BCUT2D eigenvalue weighted by Crippen LogP contribution is -2.32. The van der Waals surface area contributed by atoms with Gasteiger partial charge in [-0.25, -0.2) is 14.8 Å². The van der Waals surface area contributed by atoms with E-state index in [4.69, 9.17) is 28.2 Å². The van der Waals surface area contributed by atoms with E-state index in [0.717, 1.165) is 25.9 Å². The van der Waals surface area contributed by atoms with Gasteiger partial charge in [0.05, 0.1) is 16.1 Å². The molecule has 0 amide bonds. The van der Waals surface area contributed by atoms with Crippen molar-refractivity contribution in [2.75, 3.05) is 23.3 Å². The molecule has 3 aromatic rings. The zero-order valence-corrected chi connectivity index (χ0v) is 18.3. The minimum atomic E-state index is -1.15. The molecule has 1 aliphatic rings. The van der Waals surface area contributed by atoms with Gasteiger partial charge in [0, 0.05) is 37.1 Å². The van der Waals surface area contributed by atoms with E-state index in [1.54, 1.807) is 6.07 Å². The molecule has 3 aromatic heterocycles. The molecule has 0 aromatic carbocycles. The van der Waals surface area contributed by atoms with Crippen LogP contribution in [0.4, 0.5) is 11.6 Å². The highest BCUT2D eigenvalue weighted by Gasteiger charge is 2.20. The van der Waals surface area contributed by atoms with Crippen LogP contribution in [0.2, 0.25) is 10.0 Å². The van der Waals surface area contributed by atoms with E-state index in [0.29, 0.717) is 22.1 Å². The molecular weight excluding hydrogens is 441 g/mol. The van der Waals surface area contributed by atoms with Gasteiger partial charge in [-0.1, -0.05) is 23.2 Å². The van der Waals surface area contributed by atoms with Gasteiger partial charge in [0.15, 0.2) is 0 Å². The number of hydrogen-bond donors (Lipinski definition) is 2. The first kappa shape index (κ1) is 21.4. The summed E-state index contributed by atoms with van der Waals surface area (Å²) in [5, 5.41) is 13.2. The Labute approximate surface area is 188 Å².